The van der Waals surface area contributed by atoms with Crippen molar-refractivity contribution < 1.29 is 18.7 Å². The number of carbonyl (C=O) groups excluding carboxylic acids is 1. The van der Waals surface area contributed by atoms with Gasteiger partial charge in [-0.3, -0.25) is 4.79 Å². The third kappa shape index (κ3) is 4.82. The van der Waals surface area contributed by atoms with Crippen LogP contribution in [0.2, 0.25) is 0 Å². The van der Waals surface area contributed by atoms with Crippen molar-refractivity contribution in [3.05, 3.63) is 60.8 Å². The van der Waals surface area contributed by atoms with Gasteiger partial charge in [0.15, 0.2) is 5.82 Å². The van der Waals surface area contributed by atoms with Gasteiger partial charge in [0.1, 0.15) is 5.82 Å². The van der Waals surface area contributed by atoms with Crippen LogP contribution in [0, 0.1) is 11.2 Å². The number of aromatic nitrogens is 4. The molecule has 3 heterocycles. The fourth-order valence-corrected chi connectivity index (χ4v) is 3.48. The van der Waals surface area contributed by atoms with Crippen LogP contribution < -0.4 is 10.2 Å². The SMILES string of the molecule is C=CCNC(=O)C1(C)COC(c2nc(-c3ccc(F)cc3)c(-c3ccnc(N(C)C)n3)[nH]2)OC1. The van der Waals surface area contributed by atoms with Crippen molar-refractivity contribution >= 4 is 11.9 Å². The molecule has 3 aromatic rings. The lowest BCUT2D eigenvalue weighted by Gasteiger charge is -2.35. The van der Waals surface area contributed by atoms with E-state index in [-0.39, 0.29) is 24.9 Å². The maximum Gasteiger partial charge on any atom is 0.230 e. The highest BCUT2D eigenvalue weighted by atomic mass is 19.1. The predicted molar refractivity (Wildman–Crippen MR) is 125 cm³/mol. The van der Waals surface area contributed by atoms with E-state index in [1.807, 2.05) is 14.1 Å². The zero-order valence-electron chi connectivity index (χ0n) is 19.3. The van der Waals surface area contributed by atoms with Gasteiger partial charge in [0.25, 0.3) is 0 Å². The Morgan fingerprint density at radius 1 is 1.26 bits per heavy atom. The van der Waals surface area contributed by atoms with Crippen molar-refractivity contribution in [2.75, 3.05) is 38.8 Å². The molecule has 2 N–H and O–H groups in total. The van der Waals surface area contributed by atoms with Gasteiger partial charge in [-0.05, 0) is 37.3 Å². The number of imidazole rings is 1. The fourth-order valence-electron chi connectivity index (χ4n) is 3.48. The molecular weight excluding hydrogens is 439 g/mol. The second-order valence-corrected chi connectivity index (χ2v) is 8.50. The summed E-state index contributed by atoms with van der Waals surface area (Å²) in [4.78, 5) is 31.1. The maximum absolute atomic E-state index is 13.5. The summed E-state index contributed by atoms with van der Waals surface area (Å²) in [6.45, 7) is 6.07. The summed E-state index contributed by atoms with van der Waals surface area (Å²) in [5.41, 5.74) is 1.68. The standard InChI is InChI=1S/C24H27FN6O3/c1-5-11-26-22(32)24(2)13-33-21(34-14-24)20-29-18(15-6-8-16(25)9-7-15)19(30-20)17-10-12-27-23(28-17)31(3)4/h5-10,12,21H,1,11,13-14H2,2-4H3,(H,26,32)(H,29,30). The van der Waals surface area contributed by atoms with E-state index in [1.165, 1.54) is 12.1 Å². The van der Waals surface area contributed by atoms with Gasteiger partial charge in [-0.1, -0.05) is 6.08 Å². The largest absolute Gasteiger partial charge is 0.352 e. The minimum Gasteiger partial charge on any atom is -0.352 e. The predicted octanol–water partition coefficient (Wildman–Crippen LogP) is 3.09. The van der Waals surface area contributed by atoms with Gasteiger partial charge in [-0.15, -0.1) is 6.58 Å². The van der Waals surface area contributed by atoms with Gasteiger partial charge in [-0.25, -0.2) is 19.3 Å². The zero-order valence-corrected chi connectivity index (χ0v) is 19.3. The molecule has 34 heavy (non-hydrogen) atoms. The monoisotopic (exact) mass is 466 g/mol. The lowest BCUT2D eigenvalue weighted by Crippen LogP contribution is -2.48. The number of amides is 1. The lowest BCUT2D eigenvalue weighted by molar-refractivity contribution is -0.230. The number of ether oxygens (including phenoxy) is 2. The number of nitrogens with zero attached hydrogens (tertiary/aromatic N) is 4. The topological polar surface area (TPSA) is 105 Å². The van der Waals surface area contributed by atoms with Gasteiger partial charge in [0.05, 0.1) is 35.7 Å². The highest BCUT2D eigenvalue weighted by Gasteiger charge is 2.40. The summed E-state index contributed by atoms with van der Waals surface area (Å²) in [6, 6.07) is 7.81. The molecule has 0 saturated carbocycles. The van der Waals surface area contributed by atoms with Crippen LogP contribution in [-0.4, -0.2) is 59.7 Å². The molecule has 2 aromatic heterocycles. The van der Waals surface area contributed by atoms with E-state index in [2.05, 4.69) is 26.8 Å². The average molecular weight is 467 g/mol. The Bertz CT molecular complexity index is 1170. The zero-order chi connectivity index (χ0) is 24.3. The summed E-state index contributed by atoms with van der Waals surface area (Å²) in [6.07, 6.45) is 2.47. The molecule has 0 aliphatic carbocycles. The van der Waals surface area contributed by atoms with E-state index < -0.39 is 11.7 Å². The van der Waals surface area contributed by atoms with Gasteiger partial charge >= 0.3 is 0 Å². The minimum atomic E-state index is -0.831. The van der Waals surface area contributed by atoms with Crippen LogP contribution in [0.15, 0.2) is 49.2 Å². The van der Waals surface area contributed by atoms with Crippen molar-refractivity contribution in [3.63, 3.8) is 0 Å². The summed E-state index contributed by atoms with van der Waals surface area (Å²) in [5, 5.41) is 2.78. The molecule has 1 fully saturated rings. The van der Waals surface area contributed by atoms with E-state index in [1.54, 1.807) is 42.3 Å². The molecule has 9 nitrogen and oxygen atoms in total. The number of aromatic amines is 1. The van der Waals surface area contributed by atoms with Crippen LogP contribution in [0.5, 0.6) is 0 Å². The summed E-state index contributed by atoms with van der Waals surface area (Å²) in [5.74, 6) is 0.444. The second kappa shape index (κ2) is 9.70. The third-order valence-corrected chi connectivity index (χ3v) is 5.42. The number of rotatable bonds is 7. The lowest BCUT2D eigenvalue weighted by atomic mass is 9.91. The van der Waals surface area contributed by atoms with Gasteiger partial charge in [-0.2, -0.15) is 0 Å². The maximum atomic E-state index is 13.5. The highest BCUT2D eigenvalue weighted by molar-refractivity contribution is 5.82. The van der Waals surface area contributed by atoms with Crippen LogP contribution in [0.25, 0.3) is 22.6 Å². The first-order valence-electron chi connectivity index (χ1n) is 10.8. The molecule has 0 atom stereocenters. The quantitative estimate of drug-likeness (QED) is 0.516. The minimum absolute atomic E-state index is 0.154. The Balaban J connectivity index is 1.65. The van der Waals surface area contributed by atoms with Gasteiger partial charge in [0, 0.05) is 32.4 Å². The van der Waals surface area contributed by atoms with Crippen molar-refractivity contribution in [1.29, 1.82) is 0 Å². The number of hydrogen-bond acceptors (Lipinski definition) is 7. The van der Waals surface area contributed by atoms with Crippen molar-refractivity contribution in [3.8, 4) is 22.6 Å². The number of carbonyl (C=O) groups is 1. The summed E-state index contributed by atoms with van der Waals surface area (Å²) in [7, 11) is 3.70. The number of anilines is 1. The molecular formula is C24H27FN6O3. The number of nitrogens with one attached hydrogen (secondary N) is 2. The van der Waals surface area contributed by atoms with Crippen LogP contribution in [-0.2, 0) is 14.3 Å². The molecule has 1 saturated heterocycles. The summed E-state index contributed by atoms with van der Waals surface area (Å²) >= 11 is 0. The Hall–Kier alpha value is -3.63. The van der Waals surface area contributed by atoms with Crippen molar-refractivity contribution in [2.24, 2.45) is 5.41 Å². The second-order valence-electron chi connectivity index (χ2n) is 8.50. The first-order chi connectivity index (χ1) is 16.3. The van der Waals surface area contributed by atoms with Crippen LogP contribution in [0.1, 0.15) is 19.0 Å². The molecule has 0 spiro atoms. The van der Waals surface area contributed by atoms with Crippen LogP contribution in [0.4, 0.5) is 10.3 Å². The molecule has 10 heteroatoms. The molecule has 1 aromatic carbocycles. The molecule has 178 valence electrons. The summed E-state index contributed by atoms with van der Waals surface area (Å²) < 4.78 is 25.3. The molecule has 1 amide bonds. The molecule has 0 bridgehead atoms. The Morgan fingerprint density at radius 2 is 1.97 bits per heavy atom. The number of benzene rings is 1. The number of hydrogen-bond donors (Lipinski definition) is 2. The average Bonchev–Trinajstić information content (AvgIpc) is 3.29. The van der Waals surface area contributed by atoms with Gasteiger partial charge < -0.3 is 24.7 Å². The van der Waals surface area contributed by atoms with Crippen molar-refractivity contribution in [2.45, 2.75) is 13.2 Å². The highest BCUT2D eigenvalue weighted by Crippen LogP contribution is 2.35. The Morgan fingerprint density at radius 3 is 2.62 bits per heavy atom. The van der Waals surface area contributed by atoms with Crippen molar-refractivity contribution in [1.82, 2.24) is 25.3 Å². The van der Waals surface area contributed by atoms with E-state index in [0.29, 0.717) is 41.0 Å². The molecule has 1 aliphatic heterocycles. The Labute approximate surface area is 197 Å². The smallest absolute Gasteiger partial charge is 0.230 e. The third-order valence-electron chi connectivity index (χ3n) is 5.42. The molecule has 1 aliphatic rings. The number of halogens is 1. The van der Waals surface area contributed by atoms with E-state index in [0.717, 1.165) is 0 Å². The van der Waals surface area contributed by atoms with E-state index in [9.17, 15) is 9.18 Å². The first kappa shape index (κ1) is 23.5. The van der Waals surface area contributed by atoms with E-state index in [4.69, 9.17) is 14.5 Å². The fraction of sp³-hybridized carbons (Fsp3) is 0.333. The van der Waals surface area contributed by atoms with Crippen LogP contribution in [0.3, 0.4) is 0 Å². The van der Waals surface area contributed by atoms with Gasteiger partial charge in [0.2, 0.25) is 18.1 Å². The molecule has 0 radical (unpaired) electrons. The van der Waals surface area contributed by atoms with E-state index >= 15 is 0 Å². The normalized spacial score (nSPS) is 20.1. The Kier molecular flexibility index (Phi) is 6.71. The first-order valence-corrected chi connectivity index (χ1v) is 10.8. The molecule has 0 unspecified atom stereocenters. The molecule has 4 rings (SSSR count). The van der Waals surface area contributed by atoms with Crippen LogP contribution >= 0.6 is 0 Å². The number of H-pyrrole nitrogens is 1.